The Morgan fingerprint density at radius 1 is 1.21 bits per heavy atom. The molecule has 19 heavy (non-hydrogen) atoms. The summed E-state index contributed by atoms with van der Waals surface area (Å²) in [5.74, 6) is -1.15. The van der Waals surface area contributed by atoms with Crippen molar-refractivity contribution in [3.05, 3.63) is 62.8 Å². The Balaban J connectivity index is 2.54. The second-order valence-corrected chi connectivity index (χ2v) is 4.98. The first-order valence-electron chi connectivity index (χ1n) is 5.37. The van der Waals surface area contributed by atoms with Crippen LogP contribution in [0, 0.1) is 5.82 Å². The third kappa shape index (κ3) is 2.65. The molecule has 0 N–H and O–H groups in total. The zero-order chi connectivity index (χ0) is 14.0. The summed E-state index contributed by atoms with van der Waals surface area (Å²) in [5, 5.41) is 0.259. The van der Waals surface area contributed by atoms with Crippen LogP contribution in [0.25, 0.3) is 0 Å². The van der Waals surface area contributed by atoms with Gasteiger partial charge in [-0.3, -0.25) is 4.79 Å². The molecule has 0 spiro atoms. The van der Waals surface area contributed by atoms with Crippen LogP contribution in [-0.2, 0) is 0 Å². The van der Waals surface area contributed by atoms with E-state index in [1.54, 1.807) is 24.3 Å². The van der Waals surface area contributed by atoms with Gasteiger partial charge < -0.3 is 4.74 Å². The van der Waals surface area contributed by atoms with E-state index in [-0.39, 0.29) is 21.9 Å². The molecular weight excluding hydrogens is 335 g/mol. The topological polar surface area (TPSA) is 26.3 Å². The molecule has 2 aromatic rings. The highest BCUT2D eigenvalue weighted by molar-refractivity contribution is 9.10. The predicted molar refractivity (Wildman–Crippen MR) is 75.5 cm³/mol. The van der Waals surface area contributed by atoms with E-state index < -0.39 is 11.6 Å². The Hall–Kier alpha value is -1.39. The summed E-state index contributed by atoms with van der Waals surface area (Å²) < 4.78 is 19.5. The number of carbonyl (C=O) groups is 1. The van der Waals surface area contributed by atoms with Crippen LogP contribution in [0.1, 0.15) is 15.9 Å². The Kier molecular flexibility index (Phi) is 4.22. The minimum Gasteiger partial charge on any atom is -0.494 e. The Labute approximate surface area is 123 Å². The van der Waals surface area contributed by atoms with Gasteiger partial charge in [0.15, 0.2) is 17.3 Å². The van der Waals surface area contributed by atoms with E-state index in [9.17, 15) is 9.18 Å². The van der Waals surface area contributed by atoms with Gasteiger partial charge in [0.25, 0.3) is 0 Å². The van der Waals surface area contributed by atoms with Crippen LogP contribution >= 0.6 is 27.5 Å². The average molecular weight is 344 g/mol. The fourth-order valence-electron chi connectivity index (χ4n) is 1.67. The van der Waals surface area contributed by atoms with Crippen molar-refractivity contribution in [2.75, 3.05) is 7.11 Å². The first-order valence-corrected chi connectivity index (χ1v) is 6.54. The maximum atomic E-state index is 14.0. The van der Waals surface area contributed by atoms with E-state index in [0.29, 0.717) is 4.47 Å². The Morgan fingerprint density at radius 2 is 1.84 bits per heavy atom. The number of benzene rings is 2. The number of hydrogen-bond acceptors (Lipinski definition) is 2. The van der Waals surface area contributed by atoms with Crippen molar-refractivity contribution in [1.82, 2.24) is 0 Å². The number of rotatable bonds is 3. The molecule has 0 aliphatic heterocycles. The monoisotopic (exact) mass is 342 g/mol. The fraction of sp³-hybridized carbons (Fsp3) is 0.0714. The highest BCUT2D eigenvalue weighted by Crippen LogP contribution is 2.29. The van der Waals surface area contributed by atoms with Gasteiger partial charge in [-0.25, -0.2) is 4.39 Å². The van der Waals surface area contributed by atoms with Crippen molar-refractivity contribution in [3.8, 4) is 5.75 Å². The average Bonchev–Trinajstić information content (AvgIpc) is 2.41. The molecule has 0 aliphatic rings. The summed E-state index contributed by atoms with van der Waals surface area (Å²) in [4.78, 5) is 12.3. The molecule has 0 heterocycles. The second-order valence-electron chi connectivity index (χ2n) is 3.75. The van der Waals surface area contributed by atoms with Gasteiger partial charge in [-0.15, -0.1) is 0 Å². The van der Waals surface area contributed by atoms with Gasteiger partial charge >= 0.3 is 0 Å². The van der Waals surface area contributed by atoms with Gasteiger partial charge in [-0.2, -0.15) is 0 Å². The van der Waals surface area contributed by atoms with Crippen LogP contribution in [-0.4, -0.2) is 12.9 Å². The highest BCUT2D eigenvalue weighted by Gasteiger charge is 2.20. The van der Waals surface area contributed by atoms with Crippen molar-refractivity contribution < 1.29 is 13.9 Å². The van der Waals surface area contributed by atoms with Crippen LogP contribution in [0.4, 0.5) is 4.39 Å². The number of ether oxygens (including phenoxy) is 1. The zero-order valence-corrected chi connectivity index (χ0v) is 12.3. The van der Waals surface area contributed by atoms with E-state index in [1.165, 1.54) is 19.2 Å². The third-order valence-corrected chi connectivity index (χ3v) is 3.92. The molecule has 0 unspecified atom stereocenters. The van der Waals surface area contributed by atoms with Gasteiger partial charge in [0.2, 0.25) is 0 Å². The molecule has 0 saturated heterocycles. The van der Waals surface area contributed by atoms with Crippen LogP contribution in [0.5, 0.6) is 5.75 Å². The third-order valence-electron chi connectivity index (χ3n) is 2.62. The lowest BCUT2D eigenvalue weighted by atomic mass is 10.0. The minimum atomic E-state index is -0.689. The summed E-state index contributed by atoms with van der Waals surface area (Å²) in [6, 6.07) is 9.34. The lowest BCUT2D eigenvalue weighted by Gasteiger charge is -2.08. The SMILES string of the molecule is COc1cccc(C(=O)c2cccc(Br)c2Cl)c1F. The minimum absolute atomic E-state index is 0.0250. The summed E-state index contributed by atoms with van der Waals surface area (Å²) in [6.45, 7) is 0. The van der Waals surface area contributed by atoms with E-state index in [2.05, 4.69) is 15.9 Å². The maximum absolute atomic E-state index is 14.0. The summed E-state index contributed by atoms with van der Waals surface area (Å²) in [5.41, 5.74) is 0.169. The molecule has 0 radical (unpaired) electrons. The lowest BCUT2D eigenvalue weighted by Crippen LogP contribution is -2.06. The van der Waals surface area contributed by atoms with E-state index in [4.69, 9.17) is 16.3 Å². The molecule has 0 bridgehead atoms. The van der Waals surface area contributed by atoms with E-state index in [0.717, 1.165) is 0 Å². The van der Waals surface area contributed by atoms with Crippen LogP contribution in [0.2, 0.25) is 5.02 Å². The smallest absolute Gasteiger partial charge is 0.197 e. The summed E-state index contributed by atoms with van der Waals surface area (Å²) in [7, 11) is 1.35. The van der Waals surface area contributed by atoms with Gasteiger partial charge in [0.05, 0.1) is 17.7 Å². The molecule has 0 aliphatic carbocycles. The molecule has 2 aromatic carbocycles. The predicted octanol–water partition coefficient (Wildman–Crippen LogP) is 4.48. The fourth-order valence-corrected chi connectivity index (χ4v) is 2.25. The molecule has 2 nitrogen and oxygen atoms in total. The molecular formula is C14H9BrClFO2. The van der Waals surface area contributed by atoms with E-state index in [1.807, 2.05) is 0 Å². The first-order chi connectivity index (χ1) is 9.06. The molecule has 0 amide bonds. The Morgan fingerprint density at radius 3 is 2.53 bits per heavy atom. The van der Waals surface area contributed by atoms with Crippen molar-refractivity contribution in [1.29, 1.82) is 0 Å². The number of carbonyl (C=O) groups excluding carboxylic acids is 1. The molecule has 0 saturated carbocycles. The zero-order valence-electron chi connectivity index (χ0n) is 9.91. The van der Waals surface area contributed by atoms with Crippen molar-refractivity contribution >= 4 is 33.3 Å². The van der Waals surface area contributed by atoms with Gasteiger partial charge in [-0.05, 0) is 40.2 Å². The molecule has 98 valence electrons. The standard InChI is InChI=1S/C14H9BrClFO2/c1-19-11-7-3-5-9(13(11)17)14(18)8-4-2-6-10(15)12(8)16/h2-7H,1H3. The van der Waals surface area contributed by atoms with Crippen LogP contribution < -0.4 is 4.74 Å². The van der Waals surface area contributed by atoms with Crippen molar-refractivity contribution in [3.63, 3.8) is 0 Å². The highest BCUT2D eigenvalue weighted by atomic mass is 79.9. The number of halogens is 3. The summed E-state index contributed by atoms with van der Waals surface area (Å²) >= 11 is 9.27. The number of hydrogen-bond donors (Lipinski definition) is 0. The van der Waals surface area contributed by atoms with Crippen LogP contribution in [0.3, 0.4) is 0 Å². The number of ketones is 1. The van der Waals surface area contributed by atoms with Crippen LogP contribution in [0.15, 0.2) is 40.9 Å². The largest absolute Gasteiger partial charge is 0.494 e. The van der Waals surface area contributed by atoms with Crippen molar-refractivity contribution in [2.45, 2.75) is 0 Å². The molecule has 0 aromatic heterocycles. The second kappa shape index (κ2) is 5.72. The molecule has 0 fully saturated rings. The van der Waals surface area contributed by atoms with Crippen molar-refractivity contribution in [2.24, 2.45) is 0 Å². The first kappa shape index (κ1) is 14.0. The lowest BCUT2D eigenvalue weighted by molar-refractivity contribution is 0.103. The molecule has 0 atom stereocenters. The van der Waals surface area contributed by atoms with E-state index >= 15 is 0 Å². The number of methoxy groups -OCH3 is 1. The van der Waals surface area contributed by atoms with Gasteiger partial charge in [-0.1, -0.05) is 23.7 Å². The quantitative estimate of drug-likeness (QED) is 0.768. The molecule has 5 heteroatoms. The summed E-state index contributed by atoms with van der Waals surface area (Å²) in [6.07, 6.45) is 0. The maximum Gasteiger partial charge on any atom is 0.197 e. The Bertz CT molecular complexity index is 643. The van der Waals surface area contributed by atoms with Gasteiger partial charge in [0.1, 0.15) is 0 Å². The normalized spacial score (nSPS) is 10.3. The molecule has 2 rings (SSSR count). The van der Waals surface area contributed by atoms with Gasteiger partial charge in [0, 0.05) is 10.0 Å².